The van der Waals surface area contributed by atoms with Crippen LogP contribution in [0.5, 0.6) is 0 Å². The van der Waals surface area contributed by atoms with E-state index in [1.165, 1.54) is 17.0 Å². The van der Waals surface area contributed by atoms with Gasteiger partial charge in [0.15, 0.2) is 0 Å². The summed E-state index contributed by atoms with van der Waals surface area (Å²) in [6, 6.07) is 1.59. The molecule has 2 aromatic heterocycles. The van der Waals surface area contributed by atoms with Crippen molar-refractivity contribution in [3.63, 3.8) is 0 Å². The van der Waals surface area contributed by atoms with Crippen LogP contribution in [0.25, 0.3) is 5.76 Å². The van der Waals surface area contributed by atoms with Crippen LogP contribution in [0.1, 0.15) is 16.2 Å². The first kappa shape index (κ1) is 11.0. The first-order valence-corrected chi connectivity index (χ1v) is 4.69. The first-order chi connectivity index (χ1) is 8.20. The number of rotatable bonds is 4. The molecule has 2 aromatic rings. The van der Waals surface area contributed by atoms with Crippen LogP contribution in [-0.4, -0.2) is 37.8 Å². The summed E-state index contributed by atoms with van der Waals surface area (Å²) in [6.07, 6.45) is 5.37. The second-order valence-electron chi connectivity index (χ2n) is 3.20. The Labute approximate surface area is 96.6 Å². The van der Waals surface area contributed by atoms with Crippen LogP contribution in [0, 0.1) is 5.31 Å². The number of nitrogens with zero attached hydrogens (tertiary/aromatic N) is 3. The molecule has 0 unspecified atom stereocenters. The van der Waals surface area contributed by atoms with Gasteiger partial charge in [0, 0.05) is 0 Å². The van der Waals surface area contributed by atoms with Gasteiger partial charge in [-0.2, -0.15) is 0 Å². The van der Waals surface area contributed by atoms with Crippen molar-refractivity contribution in [3.8, 4) is 0 Å². The van der Waals surface area contributed by atoms with Crippen molar-refractivity contribution >= 4 is 18.7 Å². The van der Waals surface area contributed by atoms with E-state index in [-0.39, 0.29) is 11.6 Å². The number of aliphatic hydroxyl groups is 1. The molecule has 0 aromatic carbocycles. The maximum atomic E-state index is 11.5. The van der Waals surface area contributed by atoms with Crippen molar-refractivity contribution in [1.29, 1.82) is 5.31 Å². The molecule has 0 radical (unpaired) electrons. The number of ketones is 1. The molecule has 84 valence electrons. The monoisotopic (exact) mass is 229 g/mol. The number of aliphatic hydroxyl groups excluding tert-OH is 1. The van der Waals surface area contributed by atoms with Crippen molar-refractivity contribution in [1.82, 2.24) is 19.7 Å². The fourth-order valence-electron chi connectivity index (χ4n) is 1.24. The summed E-state index contributed by atoms with van der Waals surface area (Å²) < 4.78 is 1.44. The molecule has 0 aliphatic heterocycles. The predicted molar refractivity (Wildman–Crippen MR) is 59.6 cm³/mol. The number of carbonyl (C=O) groups excluding carboxylic acids is 1. The average molecular weight is 229 g/mol. The zero-order chi connectivity index (χ0) is 12.3. The van der Waals surface area contributed by atoms with Crippen molar-refractivity contribution < 1.29 is 9.90 Å². The third-order valence-corrected chi connectivity index (χ3v) is 2.08. The molecule has 0 atom stereocenters. The fourth-order valence-corrected chi connectivity index (χ4v) is 1.24. The summed E-state index contributed by atoms with van der Waals surface area (Å²) >= 11 is 0. The van der Waals surface area contributed by atoms with Gasteiger partial charge >= 0.3 is 95.9 Å². The standard InChI is InChI=1S/C9H8BN5O2/c11-10-15-2-1-6(4-15)7(16)3-8(17)9-12-5-13-14-9/h1-5,11,16H,(H,12,13,14). The predicted octanol–water partition coefficient (Wildman–Crippen LogP) is 0.618. The molecule has 0 saturated heterocycles. The second-order valence-corrected chi connectivity index (χ2v) is 3.20. The van der Waals surface area contributed by atoms with Gasteiger partial charge in [-0.05, 0) is 0 Å². The van der Waals surface area contributed by atoms with Crippen LogP contribution in [0.3, 0.4) is 0 Å². The van der Waals surface area contributed by atoms with Crippen molar-refractivity contribution in [2.75, 3.05) is 0 Å². The zero-order valence-corrected chi connectivity index (χ0v) is 8.66. The van der Waals surface area contributed by atoms with Crippen molar-refractivity contribution in [2.24, 2.45) is 0 Å². The van der Waals surface area contributed by atoms with E-state index < -0.39 is 5.78 Å². The second kappa shape index (κ2) is 4.56. The van der Waals surface area contributed by atoms with Gasteiger partial charge in [0.1, 0.15) is 0 Å². The SMILES string of the molecule is N=Bn1ccc(C(O)=CC(=O)c2ncn[nH]2)c1. The summed E-state index contributed by atoms with van der Waals surface area (Å²) in [5.41, 5.74) is 0.446. The minimum absolute atomic E-state index is 0.0584. The Morgan fingerprint density at radius 3 is 3.06 bits per heavy atom. The zero-order valence-electron chi connectivity index (χ0n) is 8.66. The van der Waals surface area contributed by atoms with E-state index >= 15 is 0 Å². The number of aromatic nitrogens is 4. The minimum atomic E-state index is -0.470. The third kappa shape index (κ3) is 2.36. The average Bonchev–Trinajstić information content (AvgIpc) is 3.00. The Balaban J connectivity index is 2.22. The fraction of sp³-hybridized carbons (Fsp3) is 0. The molecule has 0 aliphatic rings. The molecule has 3 N–H and O–H groups in total. The molecular formula is C9H8BN5O2. The molecule has 0 bridgehead atoms. The van der Waals surface area contributed by atoms with Gasteiger partial charge < -0.3 is 0 Å². The van der Waals surface area contributed by atoms with E-state index in [4.69, 9.17) is 5.31 Å². The molecule has 0 fully saturated rings. The molecule has 0 amide bonds. The Morgan fingerprint density at radius 2 is 2.47 bits per heavy atom. The number of aromatic amines is 1. The Bertz CT molecular complexity index is 572. The summed E-state index contributed by atoms with van der Waals surface area (Å²) in [5.74, 6) is -0.599. The topological polar surface area (TPSA) is 108 Å². The van der Waals surface area contributed by atoms with Crippen LogP contribution in [0.15, 0.2) is 30.9 Å². The molecule has 2 heterocycles. The van der Waals surface area contributed by atoms with Gasteiger partial charge in [-0.1, -0.05) is 0 Å². The van der Waals surface area contributed by atoms with Crippen LogP contribution >= 0.6 is 0 Å². The van der Waals surface area contributed by atoms with E-state index in [0.717, 1.165) is 13.3 Å². The number of allylic oxidation sites excluding steroid dienone is 1. The Hall–Kier alpha value is -2.51. The Kier molecular flexibility index (Phi) is 2.95. The van der Waals surface area contributed by atoms with Crippen LogP contribution in [-0.2, 0) is 0 Å². The quantitative estimate of drug-likeness (QED) is 0.309. The third-order valence-electron chi connectivity index (χ3n) is 2.08. The Morgan fingerprint density at radius 1 is 1.65 bits per heavy atom. The van der Waals surface area contributed by atoms with E-state index in [0.29, 0.717) is 5.56 Å². The normalized spacial score (nSPS) is 11.2. The molecule has 17 heavy (non-hydrogen) atoms. The van der Waals surface area contributed by atoms with Crippen LogP contribution < -0.4 is 0 Å². The van der Waals surface area contributed by atoms with Crippen molar-refractivity contribution in [3.05, 3.63) is 42.3 Å². The number of H-pyrrole nitrogens is 1. The van der Waals surface area contributed by atoms with Gasteiger partial charge in [-0.25, -0.2) is 0 Å². The van der Waals surface area contributed by atoms with Gasteiger partial charge in [0.2, 0.25) is 0 Å². The van der Waals surface area contributed by atoms with Gasteiger partial charge in [-0.15, -0.1) is 0 Å². The molecule has 0 spiro atoms. The van der Waals surface area contributed by atoms with Crippen LogP contribution in [0.4, 0.5) is 0 Å². The number of hydrogen-bond donors (Lipinski definition) is 3. The van der Waals surface area contributed by atoms with Gasteiger partial charge in [0.05, 0.1) is 0 Å². The maximum absolute atomic E-state index is 11.5. The molecule has 7 nitrogen and oxygen atoms in total. The van der Waals surface area contributed by atoms with Gasteiger partial charge in [0.25, 0.3) is 0 Å². The number of hydrogen-bond acceptors (Lipinski definition) is 5. The van der Waals surface area contributed by atoms with Gasteiger partial charge in [-0.3, -0.25) is 0 Å². The summed E-state index contributed by atoms with van der Waals surface area (Å²) in [5, 5.41) is 22.6. The van der Waals surface area contributed by atoms with E-state index in [9.17, 15) is 9.90 Å². The molecule has 8 heteroatoms. The van der Waals surface area contributed by atoms with Crippen LogP contribution in [0.2, 0.25) is 0 Å². The number of carbonyl (C=O) groups is 1. The summed E-state index contributed by atoms with van der Waals surface area (Å²) in [7, 11) is 1.08. The first-order valence-electron chi connectivity index (χ1n) is 4.69. The molecule has 0 saturated carbocycles. The summed E-state index contributed by atoms with van der Waals surface area (Å²) in [6.45, 7) is 0. The molecule has 2 rings (SSSR count). The van der Waals surface area contributed by atoms with E-state index in [1.54, 1.807) is 12.3 Å². The van der Waals surface area contributed by atoms with Crippen molar-refractivity contribution in [2.45, 2.75) is 0 Å². The molecule has 0 aliphatic carbocycles. The number of nitrogens with one attached hydrogen (secondary N) is 2. The van der Waals surface area contributed by atoms with E-state index in [2.05, 4.69) is 15.2 Å². The summed E-state index contributed by atoms with van der Waals surface area (Å²) in [4.78, 5) is 15.2. The molecular weight excluding hydrogens is 221 g/mol. The van der Waals surface area contributed by atoms with E-state index in [1.807, 2.05) is 0 Å².